The molecule has 7 heteroatoms. The largest absolute Gasteiger partial charge is 0.348 e. The minimum Gasteiger partial charge on any atom is -0.348 e. The molecule has 0 bridgehead atoms. The summed E-state index contributed by atoms with van der Waals surface area (Å²) in [5, 5.41) is 7.69. The maximum atomic E-state index is 13.1. The van der Waals surface area contributed by atoms with Gasteiger partial charge < -0.3 is 5.32 Å². The molecule has 31 heavy (non-hydrogen) atoms. The molecule has 1 aliphatic rings. The molecule has 4 aromatic rings. The van der Waals surface area contributed by atoms with E-state index < -0.39 is 0 Å². The minimum atomic E-state index is -0.224. The fraction of sp³-hybridized carbons (Fsp3) is 0.375. The summed E-state index contributed by atoms with van der Waals surface area (Å²) in [6, 6.07) is 12.3. The molecular formula is C24H26N4O2S. The summed E-state index contributed by atoms with van der Waals surface area (Å²) < 4.78 is 4.37. The van der Waals surface area contributed by atoms with E-state index in [1.165, 1.54) is 20.7 Å². The topological polar surface area (TPSA) is 68.4 Å². The lowest BCUT2D eigenvalue weighted by molar-refractivity contribution is -0.122. The van der Waals surface area contributed by atoms with Crippen molar-refractivity contribution in [1.82, 2.24) is 19.5 Å². The number of amides is 1. The van der Waals surface area contributed by atoms with Gasteiger partial charge in [-0.3, -0.25) is 14.0 Å². The standard InChI is InChI=1S/C24H26N4O2S/c1-3-16-12-19-21(31-16)13-20-24(30)27(26-22(4-2)28(19)20)14-23(29)25-18-11-7-9-15-8-5-6-10-17(15)18/h5-6,8,10,12-13,18H,3-4,7,9,11,14H2,1-2H3,(H,25,29)/t18-/m1/s1. The average molecular weight is 435 g/mol. The fourth-order valence-corrected chi connectivity index (χ4v) is 5.65. The Morgan fingerprint density at radius 1 is 1.19 bits per heavy atom. The Balaban J connectivity index is 1.46. The van der Waals surface area contributed by atoms with Gasteiger partial charge in [0.1, 0.15) is 17.9 Å². The summed E-state index contributed by atoms with van der Waals surface area (Å²) in [5.74, 6) is 0.616. The first-order chi connectivity index (χ1) is 15.1. The second-order valence-electron chi connectivity index (χ2n) is 8.12. The minimum absolute atomic E-state index is 0.00590. The molecular weight excluding hydrogens is 408 g/mol. The van der Waals surface area contributed by atoms with E-state index in [1.54, 1.807) is 11.3 Å². The number of thiophene rings is 1. The molecule has 6 nitrogen and oxygen atoms in total. The smallest absolute Gasteiger partial charge is 0.291 e. The molecule has 0 saturated carbocycles. The van der Waals surface area contributed by atoms with E-state index in [0.29, 0.717) is 11.9 Å². The third-order valence-corrected chi connectivity index (χ3v) is 7.37. The first-order valence-electron chi connectivity index (χ1n) is 11.0. The van der Waals surface area contributed by atoms with Gasteiger partial charge in [0.05, 0.1) is 16.3 Å². The third kappa shape index (κ3) is 3.47. The highest BCUT2D eigenvalue weighted by Crippen LogP contribution is 2.30. The zero-order valence-electron chi connectivity index (χ0n) is 17.9. The molecule has 1 aliphatic carbocycles. The average Bonchev–Trinajstić information content (AvgIpc) is 3.34. The first kappa shape index (κ1) is 20.0. The molecule has 1 atom stereocenters. The molecule has 1 amide bonds. The van der Waals surface area contributed by atoms with E-state index in [-0.39, 0.29) is 24.1 Å². The normalized spacial score (nSPS) is 16.0. The maximum Gasteiger partial charge on any atom is 0.291 e. The number of rotatable bonds is 5. The molecule has 3 aromatic heterocycles. The second kappa shape index (κ2) is 7.96. The summed E-state index contributed by atoms with van der Waals surface area (Å²) in [4.78, 5) is 27.3. The number of carbonyl (C=O) groups excluding carboxylic acids is 1. The lowest BCUT2D eigenvalue weighted by Gasteiger charge is -2.26. The number of hydrogen-bond acceptors (Lipinski definition) is 4. The van der Waals surface area contributed by atoms with Crippen molar-refractivity contribution in [2.24, 2.45) is 0 Å². The van der Waals surface area contributed by atoms with E-state index in [1.807, 2.05) is 29.5 Å². The summed E-state index contributed by atoms with van der Waals surface area (Å²) in [6.07, 6.45) is 4.66. The molecule has 0 radical (unpaired) electrons. The summed E-state index contributed by atoms with van der Waals surface area (Å²) >= 11 is 1.71. The number of nitrogens with zero attached hydrogens (tertiary/aromatic N) is 3. The van der Waals surface area contributed by atoms with Gasteiger partial charge in [0.25, 0.3) is 5.56 Å². The van der Waals surface area contributed by atoms with Crippen molar-refractivity contribution >= 4 is 33.0 Å². The van der Waals surface area contributed by atoms with E-state index in [4.69, 9.17) is 0 Å². The molecule has 1 N–H and O–H groups in total. The van der Waals surface area contributed by atoms with E-state index >= 15 is 0 Å². The quantitative estimate of drug-likeness (QED) is 0.516. The molecule has 1 aromatic carbocycles. The van der Waals surface area contributed by atoms with Crippen molar-refractivity contribution in [1.29, 1.82) is 0 Å². The van der Waals surface area contributed by atoms with Crippen molar-refractivity contribution in [2.75, 3.05) is 0 Å². The van der Waals surface area contributed by atoms with Crippen LogP contribution in [0.4, 0.5) is 0 Å². The SMILES string of the molecule is CCc1cc2c(cc3c(=O)n(CC(=O)N[C@@H]4CCCc5ccccc54)nc(CC)n32)s1. The number of fused-ring (bicyclic) bond motifs is 4. The van der Waals surface area contributed by atoms with Crippen LogP contribution in [0.2, 0.25) is 0 Å². The number of aromatic nitrogens is 3. The van der Waals surface area contributed by atoms with Crippen LogP contribution >= 0.6 is 11.3 Å². The van der Waals surface area contributed by atoms with Gasteiger partial charge >= 0.3 is 0 Å². The number of aryl methyl sites for hydroxylation is 3. The summed E-state index contributed by atoms with van der Waals surface area (Å²) in [5.41, 5.74) is 3.88. The molecule has 0 aliphatic heterocycles. The van der Waals surface area contributed by atoms with Gasteiger partial charge in [-0.05, 0) is 48.9 Å². The highest BCUT2D eigenvalue weighted by Gasteiger charge is 2.22. The van der Waals surface area contributed by atoms with E-state index in [9.17, 15) is 9.59 Å². The third-order valence-electron chi connectivity index (χ3n) is 6.15. The Labute approximate surface area is 184 Å². The zero-order chi connectivity index (χ0) is 21.5. The first-order valence-corrected chi connectivity index (χ1v) is 11.8. The second-order valence-corrected chi connectivity index (χ2v) is 9.29. The predicted octanol–water partition coefficient (Wildman–Crippen LogP) is 4.03. The van der Waals surface area contributed by atoms with Crippen molar-refractivity contribution in [3.8, 4) is 0 Å². The fourth-order valence-electron chi connectivity index (χ4n) is 4.63. The molecule has 0 saturated heterocycles. The Kier molecular flexibility index (Phi) is 5.14. The van der Waals surface area contributed by atoms with Crippen LogP contribution in [0.1, 0.15) is 54.6 Å². The van der Waals surface area contributed by atoms with E-state index in [0.717, 1.165) is 41.7 Å². The van der Waals surface area contributed by atoms with Crippen LogP contribution in [0.5, 0.6) is 0 Å². The Morgan fingerprint density at radius 3 is 2.84 bits per heavy atom. The molecule has 3 heterocycles. The number of nitrogens with one attached hydrogen (secondary N) is 1. The number of carbonyl (C=O) groups is 1. The number of hydrogen-bond donors (Lipinski definition) is 1. The molecule has 160 valence electrons. The highest BCUT2D eigenvalue weighted by molar-refractivity contribution is 7.19. The highest BCUT2D eigenvalue weighted by atomic mass is 32.1. The van der Waals surface area contributed by atoms with Gasteiger partial charge in [-0.15, -0.1) is 11.3 Å². The van der Waals surface area contributed by atoms with Gasteiger partial charge in [-0.25, -0.2) is 4.68 Å². The van der Waals surface area contributed by atoms with Crippen LogP contribution < -0.4 is 10.9 Å². The van der Waals surface area contributed by atoms with Gasteiger partial charge in [-0.2, -0.15) is 5.10 Å². The summed E-state index contributed by atoms with van der Waals surface area (Å²) in [7, 11) is 0. The predicted molar refractivity (Wildman–Crippen MR) is 124 cm³/mol. The van der Waals surface area contributed by atoms with Crippen LogP contribution in [0.3, 0.4) is 0 Å². The Bertz CT molecular complexity index is 1350. The molecule has 0 unspecified atom stereocenters. The maximum absolute atomic E-state index is 13.1. The van der Waals surface area contributed by atoms with Crippen LogP contribution in [0, 0.1) is 0 Å². The van der Waals surface area contributed by atoms with Gasteiger partial charge in [0.15, 0.2) is 0 Å². The lowest BCUT2D eigenvalue weighted by atomic mass is 9.88. The Morgan fingerprint density at radius 2 is 2.03 bits per heavy atom. The zero-order valence-corrected chi connectivity index (χ0v) is 18.7. The van der Waals surface area contributed by atoms with Crippen molar-refractivity contribution < 1.29 is 4.79 Å². The van der Waals surface area contributed by atoms with Crippen molar-refractivity contribution in [3.05, 3.63) is 68.6 Å². The molecule has 5 rings (SSSR count). The lowest BCUT2D eigenvalue weighted by Crippen LogP contribution is -2.37. The monoisotopic (exact) mass is 434 g/mol. The van der Waals surface area contributed by atoms with Gasteiger partial charge in [0.2, 0.25) is 5.91 Å². The van der Waals surface area contributed by atoms with Crippen molar-refractivity contribution in [2.45, 2.75) is 58.5 Å². The van der Waals surface area contributed by atoms with Crippen LogP contribution in [-0.4, -0.2) is 20.1 Å². The van der Waals surface area contributed by atoms with E-state index in [2.05, 4.69) is 35.5 Å². The van der Waals surface area contributed by atoms with Gasteiger partial charge in [0, 0.05) is 11.3 Å². The van der Waals surface area contributed by atoms with Crippen molar-refractivity contribution in [3.63, 3.8) is 0 Å². The van der Waals surface area contributed by atoms with Crippen LogP contribution in [0.15, 0.2) is 41.2 Å². The van der Waals surface area contributed by atoms with Gasteiger partial charge in [-0.1, -0.05) is 38.1 Å². The molecule has 0 spiro atoms. The van der Waals surface area contributed by atoms with Crippen LogP contribution in [-0.2, 0) is 30.6 Å². The number of benzene rings is 1. The Hall–Kier alpha value is -2.93. The molecule has 0 fully saturated rings. The summed E-state index contributed by atoms with van der Waals surface area (Å²) in [6.45, 7) is 4.08. The van der Waals surface area contributed by atoms with Crippen LogP contribution in [0.25, 0.3) is 15.7 Å².